The average Bonchev–Trinajstić information content (AvgIpc) is 2.75. The first-order chi connectivity index (χ1) is 14.8. The van der Waals surface area contributed by atoms with E-state index in [4.69, 9.17) is 16.7 Å². The fourth-order valence-corrected chi connectivity index (χ4v) is 3.45. The van der Waals surface area contributed by atoms with Crippen LogP contribution in [0.2, 0.25) is 5.02 Å². The molecular weight excluding hydrogens is 443 g/mol. The Hall–Kier alpha value is -3.36. The van der Waals surface area contributed by atoms with Gasteiger partial charge in [0.25, 0.3) is 5.91 Å². The topological polar surface area (TPSA) is 95.5 Å². The third-order valence-electron chi connectivity index (χ3n) is 4.07. The minimum absolute atomic E-state index is 0.0893. The van der Waals surface area contributed by atoms with E-state index in [1.165, 1.54) is 54.2 Å². The van der Waals surface area contributed by atoms with E-state index in [1.54, 1.807) is 24.3 Å². The second kappa shape index (κ2) is 10.1. The van der Waals surface area contributed by atoms with Gasteiger partial charge in [-0.1, -0.05) is 11.6 Å². The summed E-state index contributed by atoms with van der Waals surface area (Å²) in [6, 6.07) is 16.3. The van der Waals surface area contributed by atoms with Gasteiger partial charge in [-0.25, -0.2) is 9.18 Å². The van der Waals surface area contributed by atoms with Crippen LogP contribution in [0.5, 0.6) is 0 Å². The number of carbonyl (C=O) groups is 3. The van der Waals surface area contributed by atoms with E-state index in [1.807, 2.05) is 0 Å². The molecule has 3 N–H and O–H groups in total. The first-order valence-corrected chi connectivity index (χ1v) is 10.3. The summed E-state index contributed by atoms with van der Waals surface area (Å²) < 4.78 is 12.9. The quantitative estimate of drug-likeness (QED) is 0.425. The fourth-order valence-electron chi connectivity index (χ4n) is 2.55. The van der Waals surface area contributed by atoms with Crippen molar-refractivity contribution in [1.82, 2.24) is 0 Å². The van der Waals surface area contributed by atoms with Crippen molar-refractivity contribution in [1.29, 1.82) is 0 Å². The smallest absolute Gasteiger partial charge is 0.337 e. The summed E-state index contributed by atoms with van der Waals surface area (Å²) in [4.78, 5) is 36.2. The van der Waals surface area contributed by atoms with Crippen molar-refractivity contribution in [2.75, 3.05) is 16.4 Å². The largest absolute Gasteiger partial charge is 0.478 e. The molecular formula is C22H16ClFN2O4S. The number of thioether (sulfide) groups is 1. The van der Waals surface area contributed by atoms with E-state index in [-0.39, 0.29) is 28.2 Å². The molecule has 158 valence electrons. The van der Waals surface area contributed by atoms with Crippen LogP contribution < -0.4 is 10.6 Å². The van der Waals surface area contributed by atoms with E-state index in [9.17, 15) is 18.8 Å². The van der Waals surface area contributed by atoms with Crippen molar-refractivity contribution in [3.63, 3.8) is 0 Å². The molecule has 0 unspecified atom stereocenters. The third-order valence-corrected chi connectivity index (χ3v) is 5.41. The minimum atomic E-state index is -1.18. The number of aromatic carboxylic acids is 1. The third kappa shape index (κ3) is 6.31. The zero-order chi connectivity index (χ0) is 22.4. The van der Waals surface area contributed by atoms with E-state index in [2.05, 4.69) is 10.6 Å². The standard InChI is InChI=1S/C22H16ClFN2O4S/c23-19-10-7-16(11-18(19)22(29)30)25-20(27)12-31-17-8-5-15(6-9-17)26-21(28)13-1-3-14(24)4-2-13/h1-11H,12H2,(H,25,27)(H,26,28)(H,29,30). The molecule has 31 heavy (non-hydrogen) atoms. The van der Waals surface area contributed by atoms with Crippen LogP contribution in [-0.4, -0.2) is 28.6 Å². The maximum atomic E-state index is 12.9. The van der Waals surface area contributed by atoms with Crippen LogP contribution >= 0.6 is 23.4 Å². The highest BCUT2D eigenvalue weighted by atomic mass is 35.5. The summed E-state index contributed by atoms with van der Waals surface area (Å²) in [6.45, 7) is 0. The van der Waals surface area contributed by atoms with Gasteiger partial charge >= 0.3 is 5.97 Å². The maximum Gasteiger partial charge on any atom is 0.337 e. The minimum Gasteiger partial charge on any atom is -0.478 e. The fraction of sp³-hybridized carbons (Fsp3) is 0.0455. The van der Waals surface area contributed by atoms with E-state index in [0.29, 0.717) is 16.9 Å². The number of nitrogens with one attached hydrogen (secondary N) is 2. The van der Waals surface area contributed by atoms with Gasteiger partial charge in [-0.2, -0.15) is 0 Å². The number of benzene rings is 3. The van der Waals surface area contributed by atoms with Crippen LogP contribution in [-0.2, 0) is 4.79 Å². The van der Waals surface area contributed by atoms with Crippen molar-refractivity contribution in [2.45, 2.75) is 4.90 Å². The lowest BCUT2D eigenvalue weighted by Crippen LogP contribution is -2.14. The van der Waals surface area contributed by atoms with Crippen LogP contribution in [0.4, 0.5) is 15.8 Å². The number of carboxylic acids is 1. The van der Waals surface area contributed by atoms with Crippen LogP contribution in [0.3, 0.4) is 0 Å². The molecule has 0 fully saturated rings. The average molecular weight is 459 g/mol. The van der Waals surface area contributed by atoms with Gasteiger partial charge in [-0.3, -0.25) is 9.59 Å². The molecule has 0 aromatic heterocycles. The molecule has 0 saturated heterocycles. The Bertz CT molecular complexity index is 1120. The first kappa shape index (κ1) is 22.3. The Kier molecular flexibility index (Phi) is 7.28. The van der Waals surface area contributed by atoms with Crippen molar-refractivity contribution < 1.29 is 23.9 Å². The van der Waals surface area contributed by atoms with Crippen LogP contribution in [0.1, 0.15) is 20.7 Å². The predicted octanol–water partition coefficient (Wildman–Crippen LogP) is 5.16. The molecule has 2 amide bonds. The second-order valence-corrected chi connectivity index (χ2v) is 7.78. The lowest BCUT2D eigenvalue weighted by Gasteiger charge is -2.08. The number of hydrogen-bond acceptors (Lipinski definition) is 4. The number of hydrogen-bond donors (Lipinski definition) is 3. The van der Waals surface area contributed by atoms with E-state index in [0.717, 1.165) is 4.90 Å². The second-order valence-electron chi connectivity index (χ2n) is 6.32. The summed E-state index contributed by atoms with van der Waals surface area (Å²) in [5, 5.41) is 14.5. The lowest BCUT2D eigenvalue weighted by atomic mass is 10.2. The molecule has 0 bridgehead atoms. The number of carboxylic acid groups (broad SMARTS) is 1. The van der Waals surface area contributed by atoms with Gasteiger partial charge in [0.1, 0.15) is 5.82 Å². The predicted molar refractivity (Wildman–Crippen MR) is 119 cm³/mol. The summed E-state index contributed by atoms with van der Waals surface area (Å²) in [6.07, 6.45) is 0. The van der Waals surface area contributed by atoms with Gasteiger partial charge in [0.15, 0.2) is 0 Å². The molecule has 3 rings (SSSR count). The summed E-state index contributed by atoms with van der Waals surface area (Å²) in [5.74, 6) is -2.16. The van der Waals surface area contributed by atoms with Gasteiger partial charge < -0.3 is 15.7 Å². The Labute approximate surface area is 186 Å². The molecule has 6 nitrogen and oxygen atoms in total. The van der Waals surface area contributed by atoms with Gasteiger partial charge in [-0.05, 0) is 66.7 Å². The summed E-state index contributed by atoms with van der Waals surface area (Å²) >= 11 is 7.09. The molecule has 3 aromatic rings. The molecule has 0 spiro atoms. The molecule has 0 aliphatic rings. The summed E-state index contributed by atoms with van der Waals surface area (Å²) in [5.41, 5.74) is 1.15. The SMILES string of the molecule is O=C(CSc1ccc(NC(=O)c2ccc(F)cc2)cc1)Nc1ccc(Cl)c(C(=O)O)c1. The van der Waals surface area contributed by atoms with Crippen molar-refractivity contribution >= 4 is 52.5 Å². The van der Waals surface area contributed by atoms with Gasteiger partial charge in [0.2, 0.25) is 5.91 Å². The normalized spacial score (nSPS) is 10.4. The molecule has 3 aromatic carbocycles. The van der Waals surface area contributed by atoms with Crippen LogP contribution in [0.15, 0.2) is 71.6 Å². The number of carbonyl (C=O) groups excluding carboxylic acids is 2. The Balaban J connectivity index is 1.52. The number of rotatable bonds is 7. The van der Waals surface area contributed by atoms with Gasteiger partial charge in [0, 0.05) is 21.8 Å². The van der Waals surface area contributed by atoms with Gasteiger partial charge in [0.05, 0.1) is 16.3 Å². The highest BCUT2D eigenvalue weighted by molar-refractivity contribution is 8.00. The van der Waals surface area contributed by atoms with Crippen molar-refractivity contribution in [3.05, 3.63) is 88.7 Å². The highest BCUT2D eigenvalue weighted by Gasteiger charge is 2.11. The Morgan fingerprint density at radius 1 is 0.903 bits per heavy atom. The Morgan fingerprint density at radius 2 is 1.55 bits per heavy atom. The monoisotopic (exact) mass is 458 g/mol. The number of anilines is 2. The number of halogens is 2. The molecule has 0 aliphatic carbocycles. The zero-order valence-electron chi connectivity index (χ0n) is 15.9. The zero-order valence-corrected chi connectivity index (χ0v) is 17.5. The Morgan fingerprint density at radius 3 is 2.19 bits per heavy atom. The first-order valence-electron chi connectivity index (χ1n) is 8.94. The molecule has 0 atom stereocenters. The van der Waals surface area contributed by atoms with Crippen molar-refractivity contribution in [2.24, 2.45) is 0 Å². The lowest BCUT2D eigenvalue weighted by molar-refractivity contribution is -0.113. The van der Waals surface area contributed by atoms with E-state index < -0.39 is 11.8 Å². The molecule has 9 heteroatoms. The van der Waals surface area contributed by atoms with E-state index >= 15 is 0 Å². The number of amides is 2. The molecule has 0 aliphatic heterocycles. The van der Waals surface area contributed by atoms with Gasteiger partial charge in [-0.15, -0.1) is 11.8 Å². The van der Waals surface area contributed by atoms with Crippen LogP contribution in [0, 0.1) is 5.82 Å². The molecule has 0 radical (unpaired) electrons. The van der Waals surface area contributed by atoms with Crippen molar-refractivity contribution in [3.8, 4) is 0 Å². The van der Waals surface area contributed by atoms with Crippen LogP contribution in [0.25, 0.3) is 0 Å². The highest BCUT2D eigenvalue weighted by Crippen LogP contribution is 2.23. The molecule has 0 heterocycles. The molecule has 0 saturated carbocycles. The maximum absolute atomic E-state index is 12.9. The summed E-state index contributed by atoms with van der Waals surface area (Å²) in [7, 11) is 0.